The van der Waals surface area contributed by atoms with Gasteiger partial charge in [-0.1, -0.05) is 53.9 Å². The van der Waals surface area contributed by atoms with Crippen molar-refractivity contribution in [3.8, 4) is 5.75 Å². The summed E-state index contributed by atoms with van der Waals surface area (Å²) in [5.41, 5.74) is 1.71. The molecule has 1 fully saturated rings. The summed E-state index contributed by atoms with van der Waals surface area (Å²) < 4.78 is 11.0. The number of thioether (sulfide) groups is 2. The van der Waals surface area contributed by atoms with Crippen LogP contribution in [0.15, 0.2) is 75.5 Å². The smallest absolute Gasteiger partial charge is 0.307 e. The summed E-state index contributed by atoms with van der Waals surface area (Å²) in [7, 11) is 1.62. The molecular formula is C24H22N2O4S3. The highest BCUT2D eigenvalue weighted by Crippen LogP contribution is 2.47. The molecule has 0 spiro atoms. The summed E-state index contributed by atoms with van der Waals surface area (Å²) in [6.07, 6.45) is 3.95. The third kappa shape index (κ3) is 5.10. The zero-order chi connectivity index (χ0) is 23.4. The van der Waals surface area contributed by atoms with Crippen molar-refractivity contribution in [1.82, 2.24) is 0 Å². The van der Waals surface area contributed by atoms with Crippen LogP contribution in [0.3, 0.4) is 0 Å². The first-order chi connectivity index (χ1) is 16.0. The number of nitrogens with zero attached hydrogens (tertiary/aromatic N) is 2. The molecule has 9 heteroatoms. The molecule has 1 amide bonds. The molecule has 0 bridgehead atoms. The van der Waals surface area contributed by atoms with Gasteiger partial charge in [0.25, 0.3) is 5.91 Å². The number of carbonyl (C=O) groups is 2. The average Bonchev–Trinajstić information content (AvgIpc) is 3.31. The lowest BCUT2D eigenvalue weighted by Gasteiger charge is -2.20. The minimum Gasteiger partial charge on any atom is -0.497 e. The van der Waals surface area contributed by atoms with Gasteiger partial charge in [0.1, 0.15) is 5.75 Å². The van der Waals surface area contributed by atoms with Gasteiger partial charge >= 0.3 is 5.97 Å². The number of thiocarbonyl (C=S) groups is 1. The van der Waals surface area contributed by atoms with Crippen molar-refractivity contribution in [2.75, 3.05) is 30.1 Å². The highest BCUT2D eigenvalue weighted by atomic mass is 32.2. The van der Waals surface area contributed by atoms with Gasteiger partial charge in [-0.2, -0.15) is 0 Å². The number of fused-ring (bicyclic) bond motifs is 1. The van der Waals surface area contributed by atoms with Crippen LogP contribution in [-0.4, -0.2) is 36.5 Å². The van der Waals surface area contributed by atoms with E-state index >= 15 is 0 Å². The second-order valence-corrected chi connectivity index (χ2v) is 9.76. The third-order valence-electron chi connectivity index (χ3n) is 4.97. The van der Waals surface area contributed by atoms with Crippen LogP contribution in [0, 0.1) is 0 Å². The molecular weight excluding hydrogens is 476 g/mol. The summed E-state index contributed by atoms with van der Waals surface area (Å²) in [4.78, 5) is 30.2. The number of esters is 1. The van der Waals surface area contributed by atoms with E-state index in [1.807, 2.05) is 59.5 Å². The monoisotopic (exact) mass is 498 g/mol. The van der Waals surface area contributed by atoms with Gasteiger partial charge in [0.15, 0.2) is 4.32 Å². The maximum atomic E-state index is 13.0. The van der Waals surface area contributed by atoms with Crippen molar-refractivity contribution in [3.63, 3.8) is 0 Å². The Morgan fingerprint density at radius 3 is 2.64 bits per heavy atom. The van der Waals surface area contributed by atoms with Gasteiger partial charge in [-0.25, -0.2) is 0 Å². The number of amides is 1. The molecule has 2 aliphatic heterocycles. The van der Waals surface area contributed by atoms with Crippen LogP contribution >= 0.6 is 35.7 Å². The molecule has 2 aromatic rings. The normalized spacial score (nSPS) is 17.8. The summed E-state index contributed by atoms with van der Waals surface area (Å²) in [6, 6.07) is 15.2. The van der Waals surface area contributed by atoms with Crippen LogP contribution in [0.4, 0.5) is 11.4 Å². The largest absolute Gasteiger partial charge is 0.497 e. The molecule has 0 radical (unpaired) electrons. The highest BCUT2D eigenvalue weighted by Gasteiger charge is 2.33. The van der Waals surface area contributed by atoms with Crippen LogP contribution in [0.1, 0.15) is 13.3 Å². The van der Waals surface area contributed by atoms with E-state index in [0.717, 1.165) is 27.0 Å². The number of benzene rings is 2. The number of hydrogen-bond donors (Lipinski definition) is 0. The van der Waals surface area contributed by atoms with Crippen molar-refractivity contribution < 1.29 is 19.1 Å². The van der Waals surface area contributed by atoms with E-state index in [9.17, 15) is 9.59 Å². The lowest BCUT2D eigenvalue weighted by molar-refractivity contribution is -0.142. The predicted octanol–water partition coefficient (Wildman–Crippen LogP) is 5.35. The molecule has 0 N–H and O–H groups in total. The number of allylic oxidation sites excluding steroid dienone is 2. The van der Waals surface area contributed by atoms with Crippen molar-refractivity contribution in [3.05, 3.63) is 70.6 Å². The Morgan fingerprint density at radius 2 is 1.91 bits per heavy atom. The van der Waals surface area contributed by atoms with Crippen LogP contribution in [-0.2, 0) is 14.3 Å². The number of hydrogen-bond acceptors (Lipinski definition) is 8. The van der Waals surface area contributed by atoms with E-state index in [-0.39, 0.29) is 18.3 Å². The molecule has 0 unspecified atom stereocenters. The Balaban J connectivity index is 1.60. The van der Waals surface area contributed by atoms with Gasteiger partial charge in [0.05, 0.1) is 41.4 Å². The fourth-order valence-electron chi connectivity index (χ4n) is 3.43. The molecule has 33 heavy (non-hydrogen) atoms. The zero-order valence-corrected chi connectivity index (χ0v) is 20.6. The molecule has 2 aromatic carbocycles. The first-order valence-electron chi connectivity index (χ1n) is 10.3. The van der Waals surface area contributed by atoms with Crippen LogP contribution in [0.2, 0.25) is 0 Å². The van der Waals surface area contributed by atoms with Crippen molar-refractivity contribution >= 4 is 63.3 Å². The molecule has 170 valence electrons. The summed E-state index contributed by atoms with van der Waals surface area (Å²) >= 11 is 8.31. The molecule has 0 atom stereocenters. The van der Waals surface area contributed by atoms with Crippen molar-refractivity contribution in [2.45, 2.75) is 18.2 Å². The Hall–Kier alpha value is -2.75. The first kappa shape index (κ1) is 23.4. The van der Waals surface area contributed by atoms with E-state index in [0.29, 0.717) is 22.4 Å². The Kier molecular flexibility index (Phi) is 7.42. The number of methoxy groups -OCH3 is 1. The van der Waals surface area contributed by atoms with E-state index in [4.69, 9.17) is 21.7 Å². The number of rotatable bonds is 7. The highest BCUT2D eigenvalue weighted by molar-refractivity contribution is 8.27. The SMILES string of the molecule is CCOC(=O)CCN1/C(=C\C=C2\SC(=S)N(c3ccccc3)C2=O)Sc2ccc(OC)cc21. The fraction of sp³-hybridized carbons (Fsp3) is 0.208. The first-order valence-corrected chi connectivity index (χ1v) is 12.4. The minimum atomic E-state index is -0.248. The van der Waals surface area contributed by atoms with Gasteiger partial charge in [-0.3, -0.25) is 14.5 Å². The molecule has 0 aliphatic carbocycles. The molecule has 2 aliphatic rings. The molecule has 0 aromatic heterocycles. The number of carbonyl (C=O) groups excluding carboxylic acids is 2. The Bertz CT molecular complexity index is 1150. The molecule has 6 nitrogen and oxygen atoms in total. The van der Waals surface area contributed by atoms with E-state index in [1.165, 1.54) is 11.8 Å². The number of anilines is 2. The second-order valence-electron chi connectivity index (χ2n) is 7.02. The van der Waals surface area contributed by atoms with Crippen molar-refractivity contribution in [1.29, 1.82) is 0 Å². The average molecular weight is 499 g/mol. The van der Waals surface area contributed by atoms with Crippen LogP contribution in [0.5, 0.6) is 5.75 Å². The third-order valence-corrected chi connectivity index (χ3v) is 7.42. The van der Waals surface area contributed by atoms with E-state index in [2.05, 4.69) is 0 Å². The Morgan fingerprint density at radius 1 is 1.12 bits per heavy atom. The minimum absolute atomic E-state index is 0.145. The topological polar surface area (TPSA) is 59.1 Å². The lowest BCUT2D eigenvalue weighted by Crippen LogP contribution is -2.27. The van der Waals surface area contributed by atoms with Crippen LogP contribution in [0.25, 0.3) is 0 Å². The molecule has 2 heterocycles. The van der Waals surface area contributed by atoms with Crippen LogP contribution < -0.4 is 14.5 Å². The maximum Gasteiger partial charge on any atom is 0.307 e. The molecule has 0 saturated carbocycles. The Labute approximate surface area is 206 Å². The quantitative estimate of drug-likeness (QED) is 0.288. The van der Waals surface area contributed by atoms with Gasteiger partial charge in [-0.15, -0.1) is 0 Å². The second kappa shape index (κ2) is 10.5. The van der Waals surface area contributed by atoms with E-state index < -0.39 is 0 Å². The molecule has 1 saturated heterocycles. The standard InChI is InChI=1S/C24H22N2O4S3/c1-3-30-22(27)13-14-25-18-15-17(29-2)9-10-19(18)32-21(25)12-11-20-23(28)26(24(31)33-20)16-7-5-4-6-8-16/h4-12,15H,3,13-14H2,1-2H3/b20-11+,21-12+. The lowest BCUT2D eigenvalue weighted by atomic mass is 10.2. The number of para-hydroxylation sites is 1. The summed E-state index contributed by atoms with van der Waals surface area (Å²) in [5, 5.41) is 0.910. The van der Waals surface area contributed by atoms with E-state index in [1.54, 1.807) is 36.8 Å². The van der Waals surface area contributed by atoms with Gasteiger partial charge < -0.3 is 14.4 Å². The molecule has 4 rings (SSSR count). The fourth-order valence-corrected chi connectivity index (χ4v) is 5.74. The summed E-state index contributed by atoms with van der Waals surface area (Å²) in [6.45, 7) is 2.60. The van der Waals surface area contributed by atoms with Gasteiger partial charge in [0.2, 0.25) is 0 Å². The van der Waals surface area contributed by atoms with Crippen molar-refractivity contribution in [2.24, 2.45) is 0 Å². The van der Waals surface area contributed by atoms with Gasteiger partial charge in [-0.05, 0) is 43.3 Å². The zero-order valence-electron chi connectivity index (χ0n) is 18.1. The predicted molar refractivity (Wildman–Crippen MR) is 138 cm³/mol. The number of ether oxygens (including phenoxy) is 2. The van der Waals surface area contributed by atoms with Gasteiger partial charge in [0, 0.05) is 17.5 Å². The summed E-state index contributed by atoms with van der Waals surface area (Å²) in [5.74, 6) is 0.343. The maximum absolute atomic E-state index is 13.0.